The molecule has 0 spiro atoms. The Bertz CT molecular complexity index is 217. The van der Waals surface area contributed by atoms with Crippen molar-refractivity contribution in [3.63, 3.8) is 0 Å². The third kappa shape index (κ3) is 3.41. The molecular formula is C15H29NS. The highest BCUT2D eigenvalue weighted by molar-refractivity contribution is 8.00. The highest BCUT2D eigenvalue weighted by Gasteiger charge is 2.41. The van der Waals surface area contributed by atoms with Gasteiger partial charge in [0.15, 0.2) is 0 Å². The fraction of sp³-hybridized carbons (Fsp3) is 1.00. The number of nitrogens with one attached hydrogen (secondary N) is 1. The van der Waals surface area contributed by atoms with E-state index in [9.17, 15) is 0 Å². The first-order chi connectivity index (χ1) is 8.26. The van der Waals surface area contributed by atoms with Gasteiger partial charge in [0.25, 0.3) is 0 Å². The molecule has 100 valence electrons. The number of hydrogen-bond donors (Lipinski definition) is 1. The minimum atomic E-state index is 0.525. The predicted octanol–water partition coefficient (Wildman–Crippen LogP) is 4.22. The summed E-state index contributed by atoms with van der Waals surface area (Å²) in [5, 5.41) is 3.90. The first-order valence-electron chi connectivity index (χ1n) is 7.63. The summed E-state index contributed by atoms with van der Waals surface area (Å²) in [6, 6.07) is 0.773. The maximum atomic E-state index is 3.90. The van der Waals surface area contributed by atoms with Gasteiger partial charge in [0.2, 0.25) is 0 Å². The van der Waals surface area contributed by atoms with Crippen molar-refractivity contribution in [2.75, 3.05) is 12.3 Å². The Morgan fingerprint density at radius 3 is 2.59 bits per heavy atom. The van der Waals surface area contributed by atoms with Crippen LogP contribution in [0.15, 0.2) is 0 Å². The van der Waals surface area contributed by atoms with E-state index in [2.05, 4.69) is 30.9 Å². The molecule has 1 saturated carbocycles. The number of hydrogen-bond acceptors (Lipinski definition) is 2. The molecule has 0 aromatic heterocycles. The van der Waals surface area contributed by atoms with Gasteiger partial charge in [0, 0.05) is 10.8 Å². The molecule has 0 amide bonds. The summed E-state index contributed by atoms with van der Waals surface area (Å²) in [7, 11) is 0. The van der Waals surface area contributed by atoms with Gasteiger partial charge in [0.1, 0.15) is 0 Å². The molecule has 1 heterocycles. The van der Waals surface area contributed by atoms with Crippen molar-refractivity contribution in [3.8, 4) is 0 Å². The van der Waals surface area contributed by atoms with E-state index >= 15 is 0 Å². The van der Waals surface area contributed by atoms with E-state index in [0.29, 0.717) is 4.75 Å². The molecule has 1 aliphatic carbocycles. The second kappa shape index (κ2) is 6.47. The highest BCUT2D eigenvalue weighted by atomic mass is 32.2. The highest BCUT2D eigenvalue weighted by Crippen LogP contribution is 2.45. The van der Waals surface area contributed by atoms with Gasteiger partial charge < -0.3 is 5.32 Å². The molecule has 2 aliphatic rings. The van der Waals surface area contributed by atoms with Crippen LogP contribution in [0.25, 0.3) is 0 Å². The Balaban J connectivity index is 2.00. The summed E-state index contributed by atoms with van der Waals surface area (Å²) in [5.41, 5.74) is 0. The summed E-state index contributed by atoms with van der Waals surface area (Å²) in [4.78, 5) is 0. The van der Waals surface area contributed by atoms with Gasteiger partial charge in [-0.3, -0.25) is 0 Å². The van der Waals surface area contributed by atoms with Gasteiger partial charge in [0.05, 0.1) is 0 Å². The van der Waals surface area contributed by atoms with Crippen LogP contribution < -0.4 is 5.32 Å². The van der Waals surface area contributed by atoms with Crippen molar-refractivity contribution >= 4 is 11.8 Å². The summed E-state index contributed by atoms with van der Waals surface area (Å²) in [6.07, 6.45) is 11.5. The zero-order chi connectivity index (χ0) is 12.1. The van der Waals surface area contributed by atoms with Gasteiger partial charge in [-0.15, -0.1) is 0 Å². The van der Waals surface area contributed by atoms with Crippen LogP contribution in [-0.4, -0.2) is 23.1 Å². The molecule has 0 radical (unpaired) electrons. The standard InChI is InChI=1S/C15H29NS/c1-3-11-16-14(13-8-5-4-6-9-13)15(2)10-7-12-17-15/h13-14,16H,3-12H2,1-2H3. The Morgan fingerprint density at radius 1 is 1.24 bits per heavy atom. The first-order valence-corrected chi connectivity index (χ1v) is 8.62. The average molecular weight is 255 g/mol. The first kappa shape index (κ1) is 13.7. The number of thioether (sulfide) groups is 1. The van der Waals surface area contributed by atoms with Crippen LogP contribution in [0, 0.1) is 5.92 Å². The zero-order valence-corrected chi connectivity index (χ0v) is 12.5. The largest absolute Gasteiger partial charge is 0.312 e. The minimum absolute atomic E-state index is 0.525. The predicted molar refractivity (Wildman–Crippen MR) is 78.8 cm³/mol. The lowest BCUT2D eigenvalue weighted by Crippen LogP contribution is -2.50. The second-order valence-corrected chi connectivity index (χ2v) is 7.72. The molecule has 2 unspecified atom stereocenters. The van der Waals surface area contributed by atoms with Crippen molar-refractivity contribution in [1.29, 1.82) is 0 Å². The van der Waals surface area contributed by atoms with E-state index < -0.39 is 0 Å². The normalized spacial score (nSPS) is 32.8. The lowest BCUT2D eigenvalue weighted by molar-refractivity contribution is 0.229. The van der Waals surface area contributed by atoms with Crippen molar-refractivity contribution < 1.29 is 0 Å². The van der Waals surface area contributed by atoms with E-state index in [-0.39, 0.29) is 0 Å². The van der Waals surface area contributed by atoms with Gasteiger partial charge in [-0.2, -0.15) is 11.8 Å². The number of rotatable bonds is 5. The van der Waals surface area contributed by atoms with E-state index in [1.165, 1.54) is 63.7 Å². The minimum Gasteiger partial charge on any atom is -0.312 e. The van der Waals surface area contributed by atoms with Crippen LogP contribution >= 0.6 is 11.8 Å². The Labute approximate surface area is 112 Å². The van der Waals surface area contributed by atoms with E-state index in [4.69, 9.17) is 0 Å². The molecule has 1 N–H and O–H groups in total. The van der Waals surface area contributed by atoms with Crippen LogP contribution in [0.1, 0.15) is 65.2 Å². The molecule has 17 heavy (non-hydrogen) atoms. The fourth-order valence-electron chi connectivity index (χ4n) is 3.69. The second-order valence-electron chi connectivity index (χ2n) is 6.09. The third-order valence-electron chi connectivity index (χ3n) is 4.64. The van der Waals surface area contributed by atoms with Gasteiger partial charge in [-0.1, -0.05) is 26.2 Å². The topological polar surface area (TPSA) is 12.0 Å². The Hall–Kier alpha value is 0.310. The smallest absolute Gasteiger partial charge is 0.0287 e. The molecule has 0 aromatic carbocycles. The van der Waals surface area contributed by atoms with Crippen molar-refractivity contribution in [3.05, 3.63) is 0 Å². The fourth-order valence-corrected chi connectivity index (χ4v) is 5.19. The maximum absolute atomic E-state index is 3.90. The molecule has 2 atom stereocenters. The van der Waals surface area contributed by atoms with Crippen molar-refractivity contribution in [2.45, 2.75) is 76.0 Å². The molecule has 2 heteroatoms. The van der Waals surface area contributed by atoms with Crippen molar-refractivity contribution in [1.82, 2.24) is 5.32 Å². The van der Waals surface area contributed by atoms with Gasteiger partial charge in [-0.05, 0) is 57.2 Å². The Morgan fingerprint density at radius 2 is 2.00 bits per heavy atom. The summed E-state index contributed by atoms with van der Waals surface area (Å²) in [5.74, 6) is 2.33. The van der Waals surface area contributed by atoms with Crippen LogP contribution in [-0.2, 0) is 0 Å². The molecule has 1 nitrogen and oxygen atoms in total. The Kier molecular flexibility index (Phi) is 5.23. The SMILES string of the molecule is CCCNC(C1CCCCC1)C1(C)CCCS1. The lowest BCUT2D eigenvalue weighted by Gasteiger charge is -2.41. The molecule has 0 bridgehead atoms. The molecular weight excluding hydrogens is 226 g/mol. The average Bonchev–Trinajstić information content (AvgIpc) is 2.79. The molecule has 0 aromatic rings. The summed E-state index contributed by atoms with van der Waals surface area (Å²) in [6.45, 7) is 6.01. The summed E-state index contributed by atoms with van der Waals surface area (Å²) < 4.78 is 0.525. The van der Waals surface area contributed by atoms with Gasteiger partial charge in [-0.25, -0.2) is 0 Å². The van der Waals surface area contributed by atoms with Crippen LogP contribution in [0.3, 0.4) is 0 Å². The molecule has 1 aliphatic heterocycles. The lowest BCUT2D eigenvalue weighted by atomic mass is 9.77. The zero-order valence-electron chi connectivity index (χ0n) is 11.6. The van der Waals surface area contributed by atoms with Crippen LogP contribution in [0.4, 0.5) is 0 Å². The molecule has 1 saturated heterocycles. The maximum Gasteiger partial charge on any atom is 0.0287 e. The molecule has 2 fully saturated rings. The van der Waals surface area contributed by atoms with Crippen LogP contribution in [0.5, 0.6) is 0 Å². The van der Waals surface area contributed by atoms with Crippen LogP contribution in [0.2, 0.25) is 0 Å². The van der Waals surface area contributed by atoms with Crippen molar-refractivity contribution in [2.24, 2.45) is 5.92 Å². The van der Waals surface area contributed by atoms with E-state index in [0.717, 1.165) is 12.0 Å². The van der Waals surface area contributed by atoms with E-state index in [1.807, 2.05) is 0 Å². The summed E-state index contributed by atoms with van der Waals surface area (Å²) >= 11 is 2.23. The third-order valence-corrected chi connectivity index (χ3v) is 6.25. The molecule has 2 rings (SSSR count). The van der Waals surface area contributed by atoms with E-state index in [1.54, 1.807) is 0 Å². The quantitative estimate of drug-likeness (QED) is 0.789. The monoisotopic (exact) mass is 255 g/mol. The van der Waals surface area contributed by atoms with Gasteiger partial charge >= 0.3 is 0 Å².